The van der Waals surface area contributed by atoms with Crippen LogP contribution in [0.15, 0.2) is 22.7 Å². The second kappa shape index (κ2) is 8.53. The van der Waals surface area contributed by atoms with E-state index in [-0.39, 0.29) is 0 Å². The van der Waals surface area contributed by atoms with Crippen LogP contribution < -0.4 is 11.5 Å². The number of pyridine rings is 1. The summed E-state index contributed by atoms with van der Waals surface area (Å²) < 4.78 is 13.4. The molecule has 144 valence electrons. The minimum atomic E-state index is -0.754. The summed E-state index contributed by atoms with van der Waals surface area (Å²) in [5.41, 5.74) is 13.6. The van der Waals surface area contributed by atoms with Gasteiger partial charge in [-0.05, 0) is 38.0 Å². The third-order valence-electron chi connectivity index (χ3n) is 4.20. The number of ether oxygens (including phenoxy) is 2. The van der Waals surface area contributed by atoms with E-state index in [0.29, 0.717) is 44.1 Å². The Hall–Kier alpha value is -2.39. The van der Waals surface area contributed by atoms with Crippen molar-refractivity contribution in [1.29, 1.82) is 0 Å². The molecule has 0 aliphatic rings. The number of aromatic nitrogens is 3. The molecule has 2 aromatic heterocycles. The van der Waals surface area contributed by atoms with Crippen LogP contribution in [0.4, 0.5) is 10.6 Å². The molecule has 0 aliphatic carbocycles. The minimum absolute atomic E-state index is 0.292. The summed E-state index contributed by atoms with van der Waals surface area (Å²) in [6.45, 7) is 3.91. The van der Waals surface area contributed by atoms with Crippen LogP contribution >= 0.6 is 15.9 Å². The van der Waals surface area contributed by atoms with Crippen molar-refractivity contribution in [2.45, 2.75) is 32.9 Å². The van der Waals surface area contributed by atoms with E-state index in [1.807, 2.05) is 25.1 Å². The molecule has 0 aliphatic heterocycles. The fraction of sp³-hybridized carbons (Fsp3) is 0.389. The molecule has 27 heavy (non-hydrogen) atoms. The van der Waals surface area contributed by atoms with Crippen LogP contribution in [0.25, 0.3) is 21.9 Å². The number of nitrogens with zero attached hydrogens (tertiary/aromatic N) is 3. The summed E-state index contributed by atoms with van der Waals surface area (Å²) in [7, 11) is 0. The Bertz CT molecular complexity index is 973. The number of imidazole rings is 1. The maximum Gasteiger partial charge on any atom is 0.404 e. The Morgan fingerprint density at radius 2 is 2.11 bits per heavy atom. The van der Waals surface area contributed by atoms with Gasteiger partial charge in [0.25, 0.3) is 0 Å². The Morgan fingerprint density at radius 3 is 2.85 bits per heavy atom. The molecule has 0 bridgehead atoms. The summed E-state index contributed by atoms with van der Waals surface area (Å²) in [6, 6.07) is 5.91. The van der Waals surface area contributed by atoms with E-state index < -0.39 is 6.09 Å². The largest absolute Gasteiger partial charge is 0.450 e. The number of fused-ring (bicyclic) bond motifs is 3. The lowest BCUT2D eigenvalue weighted by Gasteiger charge is -2.11. The van der Waals surface area contributed by atoms with Crippen molar-refractivity contribution in [2.24, 2.45) is 5.73 Å². The number of nitrogen functional groups attached to an aromatic ring is 1. The van der Waals surface area contributed by atoms with Gasteiger partial charge >= 0.3 is 6.09 Å². The Labute approximate surface area is 165 Å². The van der Waals surface area contributed by atoms with Crippen molar-refractivity contribution in [3.05, 3.63) is 28.5 Å². The molecule has 9 heteroatoms. The van der Waals surface area contributed by atoms with E-state index in [0.717, 1.165) is 33.1 Å². The van der Waals surface area contributed by atoms with Crippen LogP contribution in [0.1, 0.15) is 25.6 Å². The monoisotopic (exact) mass is 435 g/mol. The molecule has 0 radical (unpaired) electrons. The Balaban J connectivity index is 2.01. The topological polar surface area (TPSA) is 118 Å². The van der Waals surface area contributed by atoms with Crippen molar-refractivity contribution in [1.82, 2.24) is 14.5 Å². The van der Waals surface area contributed by atoms with Crippen LogP contribution in [-0.2, 0) is 22.6 Å². The van der Waals surface area contributed by atoms with Crippen LogP contribution in [-0.4, -0.2) is 33.8 Å². The number of halogens is 1. The fourth-order valence-electron chi connectivity index (χ4n) is 3.02. The molecule has 0 saturated heterocycles. The van der Waals surface area contributed by atoms with E-state index in [2.05, 4.69) is 30.5 Å². The smallest absolute Gasteiger partial charge is 0.404 e. The molecule has 3 aromatic rings. The molecule has 0 fully saturated rings. The first-order chi connectivity index (χ1) is 13.0. The predicted octanol–water partition coefficient (Wildman–Crippen LogP) is 3.34. The van der Waals surface area contributed by atoms with E-state index in [1.54, 1.807) is 0 Å². The van der Waals surface area contributed by atoms with Gasteiger partial charge in [-0.3, -0.25) is 0 Å². The van der Waals surface area contributed by atoms with Crippen LogP contribution in [0.2, 0.25) is 0 Å². The van der Waals surface area contributed by atoms with Crippen LogP contribution in [0.5, 0.6) is 0 Å². The number of hydrogen-bond donors (Lipinski definition) is 2. The molecule has 0 unspecified atom stereocenters. The number of carbonyl (C=O) groups excluding carboxylic acids is 1. The van der Waals surface area contributed by atoms with Gasteiger partial charge in [0.1, 0.15) is 17.9 Å². The first-order valence-corrected chi connectivity index (χ1v) is 9.54. The van der Waals surface area contributed by atoms with E-state index in [1.165, 1.54) is 0 Å². The quantitative estimate of drug-likeness (QED) is 0.523. The Morgan fingerprint density at radius 1 is 1.30 bits per heavy atom. The molecule has 3 rings (SSSR count). The van der Waals surface area contributed by atoms with E-state index >= 15 is 0 Å². The third-order valence-corrected chi connectivity index (χ3v) is 4.69. The Kier molecular flexibility index (Phi) is 6.12. The van der Waals surface area contributed by atoms with Crippen LogP contribution in [0, 0.1) is 0 Å². The van der Waals surface area contributed by atoms with Gasteiger partial charge in [-0.2, -0.15) is 0 Å². The van der Waals surface area contributed by atoms with Gasteiger partial charge in [-0.1, -0.05) is 15.9 Å². The molecule has 1 amide bonds. The molecule has 2 heterocycles. The number of hydrogen-bond acceptors (Lipinski definition) is 6. The number of carbonyl (C=O) groups is 1. The number of unbranched alkanes of at least 4 members (excludes halogenated alkanes) is 1. The maximum absolute atomic E-state index is 10.7. The highest BCUT2D eigenvalue weighted by Crippen LogP contribution is 2.31. The predicted molar refractivity (Wildman–Crippen MR) is 107 cm³/mol. The normalized spacial score (nSPS) is 11.3. The lowest BCUT2D eigenvalue weighted by molar-refractivity contribution is 0.125. The van der Waals surface area contributed by atoms with Crippen molar-refractivity contribution in [3.63, 3.8) is 0 Å². The van der Waals surface area contributed by atoms with Gasteiger partial charge in [0.05, 0.1) is 17.6 Å². The number of anilines is 1. The van der Waals surface area contributed by atoms with Crippen molar-refractivity contribution >= 4 is 49.8 Å². The number of amides is 1. The standard InChI is InChI=1S/C18H22BrN5O3/c1-2-26-10-14-23-15-16(24(14)7-3-4-8-27-18(21)25)12-6-5-11(19)9-13(12)22-17(15)20/h5-6,9H,2-4,7-8,10H2,1H3,(H2,20,22)(H2,21,25). The zero-order chi connectivity index (χ0) is 19.4. The number of primary amides is 1. The highest BCUT2D eigenvalue weighted by Gasteiger charge is 2.17. The van der Waals surface area contributed by atoms with Crippen molar-refractivity contribution in [3.8, 4) is 0 Å². The van der Waals surface area contributed by atoms with Gasteiger partial charge in [-0.15, -0.1) is 0 Å². The number of aryl methyl sites for hydroxylation is 1. The van der Waals surface area contributed by atoms with E-state index in [9.17, 15) is 4.79 Å². The van der Waals surface area contributed by atoms with Gasteiger partial charge in [0.15, 0.2) is 5.82 Å². The second-order valence-corrected chi connectivity index (χ2v) is 6.96. The fourth-order valence-corrected chi connectivity index (χ4v) is 3.37. The SMILES string of the molecule is CCOCc1nc2c(N)nc3cc(Br)ccc3c2n1CCCCOC(N)=O. The zero-order valence-corrected chi connectivity index (χ0v) is 16.7. The molecule has 0 atom stereocenters. The van der Waals surface area contributed by atoms with Gasteiger partial charge in [0, 0.05) is 23.0 Å². The molecular formula is C18H22BrN5O3. The van der Waals surface area contributed by atoms with Gasteiger partial charge < -0.3 is 25.5 Å². The first-order valence-electron chi connectivity index (χ1n) is 8.75. The zero-order valence-electron chi connectivity index (χ0n) is 15.1. The lowest BCUT2D eigenvalue weighted by atomic mass is 10.2. The molecule has 0 spiro atoms. The average Bonchev–Trinajstić information content (AvgIpc) is 2.98. The average molecular weight is 436 g/mol. The number of benzene rings is 1. The molecule has 1 aromatic carbocycles. The minimum Gasteiger partial charge on any atom is -0.450 e. The highest BCUT2D eigenvalue weighted by atomic mass is 79.9. The summed E-state index contributed by atoms with van der Waals surface area (Å²) >= 11 is 3.47. The summed E-state index contributed by atoms with van der Waals surface area (Å²) in [4.78, 5) is 19.9. The van der Waals surface area contributed by atoms with Gasteiger partial charge in [-0.25, -0.2) is 14.8 Å². The van der Waals surface area contributed by atoms with Crippen molar-refractivity contribution < 1.29 is 14.3 Å². The molecule has 8 nitrogen and oxygen atoms in total. The summed E-state index contributed by atoms with van der Waals surface area (Å²) in [5.74, 6) is 1.19. The van der Waals surface area contributed by atoms with Gasteiger partial charge in [0.2, 0.25) is 0 Å². The second-order valence-electron chi connectivity index (χ2n) is 6.05. The highest BCUT2D eigenvalue weighted by molar-refractivity contribution is 9.10. The molecule has 4 N–H and O–H groups in total. The molecule has 0 saturated carbocycles. The number of nitrogens with two attached hydrogens (primary N) is 2. The lowest BCUT2D eigenvalue weighted by Crippen LogP contribution is -2.14. The maximum atomic E-state index is 10.7. The molecular weight excluding hydrogens is 414 g/mol. The number of rotatable bonds is 8. The summed E-state index contributed by atoms with van der Waals surface area (Å²) in [6.07, 6.45) is 0.731. The first kappa shape index (κ1) is 19.4. The third kappa shape index (κ3) is 4.30. The van der Waals surface area contributed by atoms with E-state index in [4.69, 9.17) is 20.9 Å². The van der Waals surface area contributed by atoms with Crippen molar-refractivity contribution in [2.75, 3.05) is 18.9 Å². The summed E-state index contributed by atoms with van der Waals surface area (Å²) in [5, 5.41) is 0.978. The van der Waals surface area contributed by atoms with Crippen LogP contribution in [0.3, 0.4) is 0 Å².